The van der Waals surface area contributed by atoms with Crippen molar-refractivity contribution in [3.05, 3.63) is 0 Å². The molecule has 0 radical (unpaired) electrons. The minimum atomic E-state index is 0.771. The Kier molecular flexibility index (Phi) is 5.88. The summed E-state index contributed by atoms with van der Waals surface area (Å²) in [5.74, 6) is 0. The highest BCUT2D eigenvalue weighted by molar-refractivity contribution is 8.00. The maximum Gasteiger partial charge on any atom is 0.00497 e. The van der Waals surface area contributed by atoms with Gasteiger partial charge in [0.05, 0.1) is 0 Å². The normalized spacial score (nSPS) is 22.6. The molecule has 2 N–H and O–H groups in total. The van der Waals surface area contributed by atoms with E-state index in [4.69, 9.17) is 5.73 Å². The van der Waals surface area contributed by atoms with Gasteiger partial charge in [0.2, 0.25) is 0 Å². The third-order valence-corrected chi connectivity index (χ3v) is 4.36. The molecule has 0 bridgehead atoms. The van der Waals surface area contributed by atoms with Gasteiger partial charge >= 0.3 is 0 Å². The maximum absolute atomic E-state index is 5.55. The van der Waals surface area contributed by atoms with Crippen molar-refractivity contribution < 1.29 is 0 Å². The molecule has 1 aliphatic rings. The van der Waals surface area contributed by atoms with Crippen molar-refractivity contribution in [1.29, 1.82) is 0 Å². The number of hydrogen-bond acceptors (Lipinski definition) is 2. The molecular formula is C11H23NS. The first-order valence-electron chi connectivity index (χ1n) is 5.68. The van der Waals surface area contributed by atoms with Gasteiger partial charge in [0.1, 0.15) is 0 Å². The number of nitrogens with two attached hydrogens (primary N) is 1. The van der Waals surface area contributed by atoms with E-state index in [1.54, 1.807) is 0 Å². The highest BCUT2D eigenvalue weighted by atomic mass is 32.2. The zero-order valence-electron chi connectivity index (χ0n) is 8.80. The van der Waals surface area contributed by atoms with Crippen molar-refractivity contribution in [1.82, 2.24) is 0 Å². The van der Waals surface area contributed by atoms with Crippen molar-refractivity contribution in [3.8, 4) is 0 Å². The summed E-state index contributed by atoms with van der Waals surface area (Å²) in [6, 6.07) is 0. The molecule has 1 saturated carbocycles. The summed E-state index contributed by atoms with van der Waals surface area (Å²) < 4.78 is 0. The number of thioether (sulfide) groups is 1. The fraction of sp³-hybridized carbons (Fsp3) is 1.00. The molecular weight excluding hydrogens is 178 g/mol. The maximum atomic E-state index is 5.55. The average Bonchev–Trinajstić information content (AvgIpc) is 2.33. The fourth-order valence-electron chi connectivity index (χ4n) is 2.01. The third kappa shape index (κ3) is 4.92. The lowest BCUT2D eigenvalue weighted by atomic mass is 10.2. The Morgan fingerprint density at radius 3 is 2.38 bits per heavy atom. The summed E-state index contributed by atoms with van der Waals surface area (Å²) in [5, 5.41) is 1.71. The van der Waals surface area contributed by atoms with Crippen LogP contribution in [0.4, 0.5) is 0 Å². The molecule has 1 atom stereocenters. The standard InChI is InChI=1S/C11H23NS/c1-10(8-9-12)13-11-6-4-2-3-5-7-11/h10-11H,2-9,12H2,1H3. The second kappa shape index (κ2) is 6.72. The molecule has 1 aliphatic carbocycles. The topological polar surface area (TPSA) is 26.0 Å². The van der Waals surface area contributed by atoms with E-state index in [9.17, 15) is 0 Å². The van der Waals surface area contributed by atoms with Crippen LogP contribution in [0.25, 0.3) is 0 Å². The van der Waals surface area contributed by atoms with Gasteiger partial charge in [-0.15, -0.1) is 0 Å². The van der Waals surface area contributed by atoms with E-state index < -0.39 is 0 Å². The van der Waals surface area contributed by atoms with Crippen molar-refractivity contribution in [2.45, 2.75) is 62.4 Å². The Morgan fingerprint density at radius 1 is 1.23 bits per heavy atom. The van der Waals surface area contributed by atoms with Gasteiger partial charge < -0.3 is 5.73 Å². The third-order valence-electron chi connectivity index (χ3n) is 2.80. The monoisotopic (exact) mass is 201 g/mol. The summed E-state index contributed by atoms with van der Waals surface area (Å²) in [6.45, 7) is 3.17. The first-order valence-corrected chi connectivity index (χ1v) is 6.62. The van der Waals surface area contributed by atoms with Gasteiger partial charge in [0.25, 0.3) is 0 Å². The van der Waals surface area contributed by atoms with Crippen LogP contribution in [-0.4, -0.2) is 17.0 Å². The second-order valence-electron chi connectivity index (χ2n) is 4.14. The Labute approximate surface area is 86.8 Å². The zero-order chi connectivity index (χ0) is 9.52. The molecule has 1 unspecified atom stereocenters. The molecule has 1 rings (SSSR count). The molecule has 13 heavy (non-hydrogen) atoms. The molecule has 78 valence electrons. The van der Waals surface area contributed by atoms with E-state index in [0.29, 0.717) is 0 Å². The molecule has 0 aliphatic heterocycles. The van der Waals surface area contributed by atoms with E-state index in [1.807, 2.05) is 0 Å². The molecule has 1 fully saturated rings. The zero-order valence-corrected chi connectivity index (χ0v) is 9.61. The first kappa shape index (κ1) is 11.4. The molecule has 0 saturated heterocycles. The van der Waals surface area contributed by atoms with Crippen LogP contribution >= 0.6 is 11.8 Å². The number of rotatable bonds is 4. The Balaban J connectivity index is 2.17. The Morgan fingerprint density at radius 2 is 1.85 bits per heavy atom. The lowest BCUT2D eigenvalue weighted by molar-refractivity contribution is 0.702. The van der Waals surface area contributed by atoms with Gasteiger partial charge in [0, 0.05) is 10.5 Å². The van der Waals surface area contributed by atoms with Crippen LogP contribution < -0.4 is 5.73 Å². The van der Waals surface area contributed by atoms with Gasteiger partial charge in [-0.3, -0.25) is 0 Å². The van der Waals surface area contributed by atoms with Crippen LogP contribution in [0.15, 0.2) is 0 Å². The first-order chi connectivity index (χ1) is 6.33. The highest BCUT2D eigenvalue weighted by Crippen LogP contribution is 2.30. The lowest BCUT2D eigenvalue weighted by Crippen LogP contribution is -2.12. The summed E-state index contributed by atoms with van der Waals surface area (Å²) >= 11 is 2.18. The highest BCUT2D eigenvalue weighted by Gasteiger charge is 2.15. The molecule has 2 heteroatoms. The second-order valence-corrected chi connectivity index (χ2v) is 5.88. The van der Waals surface area contributed by atoms with Crippen molar-refractivity contribution >= 4 is 11.8 Å². The van der Waals surface area contributed by atoms with Crippen molar-refractivity contribution in [2.75, 3.05) is 6.54 Å². The van der Waals surface area contributed by atoms with Gasteiger partial charge in [-0.05, 0) is 25.8 Å². The quantitative estimate of drug-likeness (QED) is 0.707. The molecule has 0 amide bonds. The molecule has 0 aromatic rings. The predicted molar refractivity (Wildman–Crippen MR) is 62.2 cm³/mol. The number of hydrogen-bond donors (Lipinski definition) is 1. The molecule has 1 nitrogen and oxygen atoms in total. The van der Waals surface area contributed by atoms with Gasteiger partial charge in [0.15, 0.2) is 0 Å². The van der Waals surface area contributed by atoms with Crippen LogP contribution in [0, 0.1) is 0 Å². The summed E-state index contributed by atoms with van der Waals surface area (Å²) in [7, 11) is 0. The average molecular weight is 201 g/mol. The van der Waals surface area contributed by atoms with Crippen molar-refractivity contribution in [3.63, 3.8) is 0 Å². The smallest absolute Gasteiger partial charge is 0.00497 e. The van der Waals surface area contributed by atoms with Gasteiger partial charge in [-0.2, -0.15) is 11.8 Å². The van der Waals surface area contributed by atoms with E-state index in [1.165, 1.54) is 44.9 Å². The molecule has 0 spiro atoms. The van der Waals surface area contributed by atoms with Crippen LogP contribution in [0.1, 0.15) is 51.9 Å². The summed E-state index contributed by atoms with van der Waals surface area (Å²) in [6.07, 6.45) is 9.89. The Hall–Kier alpha value is 0.310. The van der Waals surface area contributed by atoms with Crippen LogP contribution in [0.3, 0.4) is 0 Å². The summed E-state index contributed by atoms with van der Waals surface area (Å²) in [4.78, 5) is 0. The minimum Gasteiger partial charge on any atom is -0.330 e. The minimum absolute atomic E-state index is 0.771. The van der Waals surface area contributed by atoms with Crippen molar-refractivity contribution in [2.24, 2.45) is 5.73 Å². The lowest BCUT2D eigenvalue weighted by Gasteiger charge is -2.18. The van der Waals surface area contributed by atoms with Crippen LogP contribution in [0.2, 0.25) is 0 Å². The largest absolute Gasteiger partial charge is 0.330 e. The van der Waals surface area contributed by atoms with Crippen LogP contribution in [0.5, 0.6) is 0 Å². The predicted octanol–water partition coefficient (Wildman–Crippen LogP) is 3.18. The SMILES string of the molecule is CC(CCN)SC1CCCCCC1. The molecule has 0 heterocycles. The van der Waals surface area contributed by atoms with Gasteiger partial charge in [-0.25, -0.2) is 0 Å². The van der Waals surface area contributed by atoms with E-state index in [2.05, 4.69) is 18.7 Å². The van der Waals surface area contributed by atoms with E-state index in [0.717, 1.165) is 17.0 Å². The Bertz CT molecular complexity index is 119. The van der Waals surface area contributed by atoms with E-state index in [-0.39, 0.29) is 0 Å². The fourth-order valence-corrected chi connectivity index (χ4v) is 3.54. The van der Waals surface area contributed by atoms with Crippen LogP contribution in [-0.2, 0) is 0 Å². The van der Waals surface area contributed by atoms with E-state index >= 15 is 0 Å². The summed E-state index contributed by atoms with van der Waals surface area (Å²) in [5.41, 5.74) is 5.55. The molecule has 0 aromatic heterocycles. The van der Waals surface area contributed by atoms with Gasteiger partial charge in [-0.1, -0.05) is 32.6 Å². The molecule has 0 aromatic carbocycles.